The van der Waals surface area contributed by atoms with Crippen LogP contribution in [0.25, 0.3) is 0 Å². The molecule has 0 heterocycles. The number of hydrazine groups is 1. The lowest BCUT2D eigenvalue weighted by Crippen LogP contribution is -2.25. The number of rotatable bonds is 12. The quantitative estimate of drug-likeness (QED) is 0.0904. The number of hydrogen-bond donors (Lipinski definition) is 2. The Morgan fingerprint density at radius 1 is 0.974 bits per heavy atom. The smallest absolute Gasteiger partial charge is 0.333 e. The highest BCUT2D eigenvalue weighted by atomic mass is 16.6. The van der Waals surface area contributed by atoms with Crippen molar-refractivity contribution in [3.8, 4) is 11.5 Å². The number of benzene rings is 3. The van der Waals surface area contributed by atoms with Gasteiger partial charge in [0, 0.05) is 24.3 Å². The third-order valence-corrected chi connectivity index (χ3v) is 5.46. The van der Waals surface area contributed by atoms with Gasteiger partial charge < -0.3 is 19.3 Å². The Balaban J connectivity index is 1.68. The molecule has 3 rings (SSSR count). The summed E-state index contributed by atoms with van der Waals surface area (Å²) in [6, 6.07) is 18.8. The van der Waals surface area contributed by atoms with Crippen LogP contribution in [0.3, 0.4) is 0 Å². The zero-order chi connectivity index (χ0) is 27.7. The van der Waals surface area contributed by atoms with Crippen molar-refractivity contribution in [3.05, 3.63) is 95.6 Å². The van der Waals surface area contributed by atoms with Crippen LogP contribution in [0.1, 0.15) is 28.4 Å². The third kappa shape index (κ3) is 7.36. The first-order chi connectivity index (χ1) is 18.2. The number of nitrogens with one attached hydrogen (secondary N) is 1. The molecule has 0 amide bonds. The lowest BCUT2D eigenvalue weighted by molar-refractivity contribution is -0.149. The van der Waals surface area contributed by atoms with Crippen LogP contribution in [0.5, 0.6) is 11.5 Å². The second-order valence-electron chi connectivity index (χ2n) is 8.42. The van der Waals surface area contributed by atoms with Gasteiger partial charge in [-0.25, -0.2) is 4.79 Å². The van der Waals surface area contributed by atoms with Gasteiger partial charge in [0.25, 0.3) is 0 Å². The van der Waals surface area contributed by atoms with Crippen LogP contribution in [0.4, 0.5) is 11.4 Å². The molecule has 0 saturated heterocycles. The normalized spacial score (nSPS) is 10.3. The van der Waals surface area contributed by atoms with Gasteiger partial charge in [0.15, 0.2) is 5.78 Å². The van der Waals surface area contributed by atoms with Crippen molar-refractivity contribution in [1.82, 2.24) is 0 Å². The largest absolute Gasteiger partial charge is 0.507 e. The number of carbonyl (C=O) groups excluding carboxylic acids is 3. The monoisotopic (exact) mass is 518 g/mol. The highest BCUT2D eigenvalue weighted by molar-refractivity contribution is 6.11. The van der Waals surface area contributed by atoms with Crippen LogP contribution < -0.4 is 15.2 Å². The van der Waals surface area contributed by atoms with Crippen molar-refractivity contribution in [2.24, 2.45) is 0 Å². The number of anilines is 2. The highest BCUT2D eigenvalue weighted by Crippen LogP contribution is 2.34. The minimum Gasteiger partial charge on any atom is -0.507 e. The van der Waals surface area contributed by atoms with Gasteiger partial charge in [0.05, 0.1) is 30.5 Å². The first-order valence-electron chi connectivity index (χ1n) is 11.8. The number of nitrogens with zero attached hydrogens (tertiary/aromatic N) is 1. The van der Waals surface area contributed by atoms with E-state index in [4.69, 9.17) is 14.2 Å². The zero-order valence-corrected chi connectivity index (χ0v) is 21.5. The van der Waals surface area contributed by atoms with Crippen molar-refractivity contribution < 1.29 is 33.7 Å². The van der Waals surface area contributed by atoms with E-state index in [1.165, 1.54) is 26.2 Å². The Morgan fingerprint density at radius 2 is 1.68 bits per heavy atom. The van der Waals surface area contributed by atoms with Crippen molar-refractivity contribution in [1.29, 1.82) is 0 Å². The minimum absolute atomic E-state index is 0.0222. The maximum Gasteiger partial charge on any atom is 0.333 e. The van der Waals surface area contributed by atoms with E-state index >= 15 is 0 Å². The maximum atomic E-state index is 13.0. The molecule has 3 aromatic carbocycles. The summed E-state index contributed by atoms with van der Waals surface area (Å²) in [6.07, 6.45) is 0.0222. The molecule has 0 aromatic heterocycles. The number of aromatic hydroxyl groups is 1. The molecule has 198 valence electrons. The number of hydrogen-bond acceptors (Lipinski definition) is 9. The van der Waals surface area contributed by atoms with Gasteiger partial charge >= 0.3 is 11.9 Å². The summed E-state index contributed by atoms with van der Waals surface area (Å²) in [5, 5.41) is 12.2. The molecule has 9 heteroatoms. The van der Waals surface area contributed by atoms with Gasteiger partial charge in [-0.05, 0) is 30.7 Å². The fraction of sp³-hybridized carbons (Fsp3) is 0.207. The van der Waals surface area contributed by atoms with Crippen LogP contribution >= 0.6 is 0 Å². The average molecular weight is 519 g/mol. The molecule has 38 heavy (non-hydrogen) atoms. The van der Waals surface area contributed by atoms with Crippen LogP contribution in [0.15, 0.2) is 78.9 Å². The molecule has 9 nitrogen and oxygen atoms in total. The summed E-state index contributed by atoms with van der Waals surface area (Å²) >= 11 is 0. The van der Waals surface area contributed by atoms with Gasteiger partial charge in [-0.2, -0.15) is 0 Å². The number of carbonyl (C=O) groups is 3. The molecular weight excluding hydrogens is 488 g/mol. The van der Waals surface area contributed by atoms with E-state index in [0.717, 1.165) is 5.69 Å². The maximum absolute atomic E-state index is 13.0. The van der Waals surface area contributed by atoms with Crippen LogP contribution in [0, 0.1) is 0 Å². The summed E-state index contributed by atoms with van der Waals surface area (Å²) in [5.74, 6) is -1.18. The van der Waals surface area contributed by atoms with Crippen LogP contribution in [-0.2, 0) is 25.5 Å². The number of esters is 2. The van der Waals surface area contributed by atoms with E-state index in [0.29, 0.717) is 22.6 Å². The minimum atomic E-state index is -0.536. The summed E-state index contributed by atoms with van der Waals surface area (Å²) in [6.45, 7) is 4.92. The van der Waals surface area contributed by atoms with Crippen molar-refractivity contribution in [3.63, 3.8) is 0 Å². The highest BCUT2D eigenvalue weighted by Gasteiger charge is 2.18. The molecule has 0 aliphatic heterocycles. The van der Waals surface area contributed by atoms with E-state index in [2.05, 4.69) is 12.0 Å². The van der Waals surface area contributed by atoms with E-state index in [9.17, 15) is 19.5 Å². The molecule has 0 radical (unpaired) electrons. The Labute approximate surface area is 221 Å². The second kappa shape index (κ2) is 13.0. The van der Waals surface area contributed by atoms with Gasteiger partial charge in [-0.1, -0.05) is 49.0 Å². The number of ketones is 1. The molecule has 0 unspecified atom stereocenters. The fourth-order valence-electron chi connectivity index (χ4n) is 3.50. The van der Waals surface area contributed by atoms with E-state index < -0.39 is 11.9 Å². The molecule has 3 aromatic rings. The van der Waals surface area contributed by atoms with E-state index in [-0.39, 0.29) is 42.3 Å². The zero-order valence-electron chi connectivity index (χ0n) is 21.5. The number of ether oxygens (including phenoxy) is 3. The van der Waals surface area contributed by atoms with Crippen LogP contribution in [-0.4, -0.2) is 50.2 Å². The van der Waals surface area contributed by atoms with Gasteiger partial charge in [0.2, 0.25) is 0 Å². The predicted molar refractivity (Wildman–Crippen MR) is 143 cm³/mol. The summed E-state index contributed by atoms with van der Waals surface area (Å²) < 4.78 is 15.4. The van der Waals surface area contributed by atoms with E-state index in [1.807, 2.05) is 12.1 Å². The molecule has 0 fully saturated rings. The topological polar surface area (TPSA) is 114 Å². The molecule has 0 bridgehead atoms. The fourth-order valence-corrected chi connectivity index (χ4v) is 3.50. The van der Waals surface area contributed by atoms with Crippen molar-refractivity contribution in [2.75, 3.05) is 37.8 Å². The first kappa shape index (κ1) is 27.8. The molecular formula is C29H30N2O7. The number of methoxy groups -OCH3 is 1. The molecule has 0 saturated carbocycles. The summed E-state index contributed by atoms with van der Waals surface area (Å²) in [5.41, 5.74) is 5.89. The second-order valence-corrected chi connectivity index (χ2v) is 8.42. The molecule has 0 aliphatic carbocycles. The lowest BCUT2D eigenvalue weighted by atomic mass is 10.0. The Bertz CT molecular complexity index is 1320. The SMILES string of the molecule is C=C(C)C(=O)OCCOC(=O)Cc1cccc(N(C)Nc2cc(C(=O)c3ccccc3)c(O)cc2OC)c1. The lowest BCUT2D eigenvalue weighted by Gasteiger charge is -2.24. The van der Waals surface area contributed by atoms with Crippen molar-refractivity contribution >= 4 is 29.1 Å². The standard InChI is InChI=1S/C29H30N2O7/c1-19(2)29(35)38-14-13-37-27(33)16-20-9-8-12-22(15-20)31(3)30-24-17-23(25(32)18-26(24)36-4)28(34)21-10-6-5-7-11-21/h5-12,15,17-18,30,32H,1,13-14,16H2,2-4H3. The Hall–Kier alpha value is -4.79. The average Bonchev–Trinajstić information content (AvgIpc) is 2.91. The first-order valence-corrected chi connectivity index (χ1v) is 11.8. The van der Waals surface area contributed by atoms with Crippen molar-refractivity contribution in [2.45, 2.75) is 13.3 Å². The molecule has 0 aliphatic rings. The van der Waals surface area contributed by atoms with Gasteiger partial charge in [0.1, 0.15) is 24.7 Å². The van der Waals surface area contributed by atoms with Gasteiger partial charge in [-0.3, -0.25) is 20.0 Å². The third-order valence-electron chi connectivity index (χ3n) is 5.46. The molecule has 2 N–H and O–H groups in total. The number of phenols is 1. The summed E-state index contributed by atoms with van der Waals surface area (Å²) in [7, 11) is 3.22. The molecule has 0 spiro atoms. The van der Waals surface area contributed by atoms with Gasteiger partial charge in [-0.15, -0.1) is 0 Å². The Morgan fingerprint density at radius 3 is 2.37 bits per heavy atom. The summed E-state index contributed by atoms with van der Waals surface area (Å²) in [4.78, 5) is 36.6. The predicted octanol–water partition coefficient (Wildman–Crippen LogP) is 4.30. The van der Waals surface area contributed by atoms with Crippen LogP contribution in [0.2, 0.25) is 0 Å². The van der Waals surface area contributed by atoms with E-state index in [1.54, 1.807) is 54.5 Å². The number of phenolic OH excluding ortho intramolecular Hbond substituents is 1. The Kier molecular flexibility index (Phi) is 9.48. The molecule has 0 atom stereocenters.